The Labute approximate surface area is 55.6 Å². The van der Waals surface area contributed by atoms with Crippen molar-refractivity contribution in [2.45, 2.75) is 13.3 Å². The predicted molar refractivity (Wildman–Crippen MR) is 39.8 cm³/mol. The second-order valence-electron chi connectivity index (χ2n) is 2.17. The third-order valence-electron chi connectivity index (χ3n) is 1.41. The van der Waals surface area contributed by atoms with Crippen LogP contribution in [0, 0.1) is 0 Å². The van der Waals surface area contributed by atoms with E-state index >= 15 is 0 Å². The molecule has 0 aromatic rings. The minimum atomic E-state index is 0.903. The van der Waals surface area contributed by atoms with Gasteiger partial charge in [-0.1, -0.05) is 24.3 Å². The minimum absolute atomic E-state index is 0.903. The molecule has 0 radical (unpaired) electrons. The maximum atomic E-state index is 5.63. The lowest BCUT2D eigenvalue weighted by Crippen LogP contribution is -1.96. The van der Waals surface area contributed by atoms with Crippen molar-refractivity contribution in [3.8, 4) is 0 Å². The summed E-state index contributed by atoms with van der Waals surface area (Å²) in [5.74, 6) is 0. The fraction of sp³-hybridized carbons (Fsp3) is 0.250. The Hall–Kier alpha value is -0.980. The summed E-state index contributed by atoms with van der Waals surface area (Å²) in [6.07, 6.45) is 9.13. The zero-order chi connectivity index (χ0) is 6.69. The number of hydrogen-bond acceptors (Lipinski definition) is 1. The first-order chi connectivity index (χ1) is 4.30. The number of allylic oxidation sites excluding steroid dienone is 5. The van der Waals surface area contributed by atoms with E-state index in [-0.39, 0.29) is 0 Å². The highest BCUT2D eigenvalue weighted by atomic mass is 14.6. The van der Waals surface area contributed by atoms with Crippen LogP contribution in [0.2, 0.25) is 0 Å². The summed E-state index contributed by atoms with van der Waals surface area (Å²) in [7, 11) is 0. The molecular weight excluding hydrogens is 110 g/mol. The van der Waals surface area contributed by atoms with E-state index in [0.717, 1.165) is 17.7 Å². The lowest BCUT2D eigenvalue weighted by molar-refractivity contribution is 1.25. The van der Waals surface area contributed by atoms with Crippen molar-refractivity contribution in [3.63, 3.8) is 0 Å². The molecular formula is C8H11N. The normalized spacial score (nSPS) is 18.3. The molecule has 0 aromatic carbocycles. The molecule has 0 aromatic heterocycles. The zero-order valence-electron chi connectivity index (χ0n) is 5.59. The highest BCUT2D eigenvalue weighted by molar-refractivity contribution is 5.32. The van der Waals surface area contributed by atoms with E-state index in [4.69, 9.17) is 5.73 Å². The van der Waals surface area contributed by atoms with Gasteiger partial charge in [0.2, 0.25) is 0 Å². The Morgan fingerprint density at radius 1 is 1.56 bits per heavy atom. The van der Waals surface area contributed by atoms with E-state index < -0.39 is 0 Å². The van der Waals surface area contributed by atoms with E-state index in [0.29, 0.717) is 0 Å². The molecule has 2 N–H and O–H groups in total. The van der Waals surface area contributed by atoms with Gasteiger partial charge in [0, 0.05) is 5.70 Å². The fourth-order valence-corrected chi connectivity index (χ4v) is 0.743. The van der Waals surface area contributed by atoms with Crippen molar-refractivity contribution in [2.75, 3.05) is 0 Å². The Balaban J connectivity index is 2.85. The summed E-state index contributed by atoms with van der Waals surface area (Å²) in [4.78, 5) is 0. The van der Waals surface area contributed by atoms with Gasteiger partial charge in [0.15, 0.2) is 0 Å². The highest BCUT2D eigenvalue weighted by Crippen LogP contribution is 2.07. The SMILES string of the molecule is CC1=CC=CCC=C1N. The average molecular weight is 121 g/mol. The van der Waals surface area contributed by atoms with Gasteiger partial charge < -0.3 is 5.73 Å². The third-order valence-corrected chi connectivity index (χ3v) is 1.41. The maximum Gasteiger partial charge on any atom is 0.0306 e. The summed E-state index contributed by atoms with van der Waals surface area (Å²) in [5.41, 5.74) is 7.69. The van der Waals surface area contributed by atoms with Crippen LogP contribution in [0.15, 0.2) is 35.6 Å². The van der Waals surface area contributed by atoms with Crippen molar-refractivity contribution in [1.29, 1.82) is 0 Å². The molecule has 1 aliphatic carbocycles. The predicted octanol–water partition coefficient (Wildman–Crippen LogP) is 1.74. The summed E-state index contributed by atoms with van der Waals surface area (Å²) in [6, 6.07) is 0. The molecule has 0 heterocycles. The minimum Gasteiger partial charge on any atom is -0.399 e. The van der Waals surface area contributed by atoms with Crippen molar-refractivity contribution in [3.05, 3.63) is 35.6 Å². The van der Waals surface area contributed by atoms with Crippen LogP contribution < -0.4 is 5.73 Å². The van der Waals surface area contributed by atoms with E-state index in [1.807, 2.05) is 25.2 Å². The lowest BCUT2D eigenvalue weighted by Gasteiger charge is -1.95. The molecule has 1 rings (SSSR count). The van der Waals surface area contributed by atoms with E-state index in [1.54, 1.807) is 0 Å². The van der Waals surface area contributed by atoms with E-state index in [2.05, 4.69) is 6.08 Å². The Kier molecular flexibility index (Phi) is 1.73. The van der Waals surface area contributed by atoms with Gasteiger partial charge >= 0.3 is 0 Å². The zero-order valence-corrected chi connectivity index (χ0v) is 5.59. The molecule has 9 heavy (non-hydrogen) atoms. The number of hydrogen-bond donors (Lipinski definition) is 1. The monoisotopic (exact) mass is 121 g/mol. The van der Waals surface area contributed by atoms with E-state index in [1.165, 1.54) is 0 Å². The maximum absolute atomic E-state index is 5.63. The van der Waals surface area contributed by atoms with Crippen LogP contribution >= 0.6 is 0 Å². The average Bonchev–Trinajstić information content (AvgIpc) is 1.99. The molecule has 0 aliphatic heterocycles. The standard InChI is InChI=1S/C8H11N/c1-7-5-3-2-4-6-8(7)9/h2-3,5-6H,4,9H2,1H3. The van der Waals surface area contributed by atoms with Crippen LogP contribution in [-0.2, 0) is 0 Å². The van der Waals surface area contributed by atoms with Gasteiger partial charge in [-0.05, 0) is 18.9 Å². The van der Waals surface area contributed by atoms with Gasteiger partial charge in [0.1, 0.15) is 0 Å². The Morgan fingerprint density at radius 2 is 2.33 bits per heavy atom. The van der Waals surface area contributed by atoms with Gasteiger partial charge in [-0.25, -0.2) is 0 Å². The van der Waals surface area contributed by atoms with Crippen LogP contribution in [0.1, 0.15) is 13.3 Å². The smallest absolute Gasteiger partial charge is 0.0306 e. The van der Waals surface area contributed by atoms with Crippen molar-refractivity contribution in [1.82, 2.24) is 0 Å². The summed E-state index contributed by atoms with van der Waals surface area (Å²) >= 11 is 0. The topological polar surface area (TPSA) is 26.0 Å². The second kappa shape index (κ2) is 2.53. The third kappa shape index (κ3) is 1.46. The molecule has 0 saturated carbocycles. The number of nitrogens with two attached hydrogens (primary N) is 1. The highest BCUT2D eigenvalue weighted by Gasteiger charge is 1.92. The molecule has 0 unspecified atom stereocenters. The molecule has 0 amide bonds. The fourth-order valence-electron chi connectivity index (χ4n) is 0.743. The molecule has 1 aliphatic rings. The van der Waals surface area contributed by atoms with Crippen LogP contribution in [0.3, 0.4) is 0 Å². The first-order valence-corrected chi connectivity index (χ1v) is 3.10. The largest absolute Gasteiger partial charge is 0.399 e. The van der Waals surface area contributed by atoms with Gasteiger partial charge in [-0.15, -0.1) is 0 Å². The molecule has 0 bridgehead atoms. The van der Waals surface area contributed by atoms with Gasteiger partial charge in [-0.3, -0.25) is 0 Å². The first-order valence-electron chi connectivity index (χ1n) is 3.10. The molecule has 0 spiro atoms. The molecule has 0 atom stereocenters. The summed E-state index contributed by atoms with van der Waals surface area (Å²) < 4.78 is 0. The Bertz CT molecular complexity index is 185. The first kappa shape index (κ1) is 6.14. The van der Waals surface area contributed by atoms with Crippen molar-refractivity contribution < 1.29 is 0 Å². The van der Waals surface area contributed by atoms with Gasteiger partial charge in [-0.2, -0.15) is 0 Å². The van der Waals surface area contributed by atoms with E-state index in [9.17, 15) is 0 Å². The molecule has 48 valence electrons. The molecule has 0 saturated heterocycles. The second-order valence-corrected chi connectivity index (χ2v) is 2.17. The Morgan fingerprint density at radius 3 is 3.11 bits per heavy atom. The van der Waals surface area contributed by atoms with Crippen molar-refractivity contribution >= 4 is 0 Å². The van der Waals surface area contributed by atoms with Crippen LogP contribution in [-0.4, -0.2) is 0 Å². The lowest BCUT2D eigenvalue weighted by atomic mass is 10.2. The number of rotatable bonds is 0. The van der Waals surface area contributed by atoms with Gasteiger partial charge in [0.05, 0.1) is 0 Å². The van der Waals surface area contributed by atoms with Crippen LogP contribution in [0.4, 0.5) is 0 Å². The summed E-state index contributed by atoms with van der Waals surface area (Å²) in [5, 5.41) is 0. The quantitative estimate of drug-likeness (QED) is 0.519. The summed E-state index contributed by atoms with van der Waals surface area (Å²) in [6.45, 7) is 2.02. The molecule has 1 heteroatoms. The molecule has 0 fully saturated rings. The van der Waals surface area contributed by atoms with Gasteiger partial charge in [0.25, 0.3) is 0 Å². The van der Waals surface area contributed by atoms with Crippen LogP contribution in [0.5, 0.6) is 0 Å². The molecule has 1 nitrogen and oxygen atoms in total. The van der Waals surface area contributed by atoms with Crippen molar-refractivity contribution in [2.24, 2.45) is 5.73 Å². The van der Waals surface area contributed by atoms with Crippen LogP contribution in [0.25, 0.3) is 0 Å².